The third-order valence-electron chi connectivity index (χ3n) is 6.50. The number of nitrogens with zero attached hydrogens (tertiary/aromatic N) is 5. The van der Waals surface area contributed by atoms with Gasteiger partial charge >= 0.3 is 16.3 Å². The van der Waals surface area contributed by atoms with Gasteiger partial charge in [0.15, 0.2) is 0 Å². The van der Waals surface area contributed by atoms with Crippen molar-refractivity contribution in [1.29, 1.82) is 0 Å². The fourth-order valence-corrected chi connectivity index (χ4v) is 6.73. The van der Waals surface area contributed by atoms with Crippen LogP contribution in [0.15, 0.2) is 67.1 Å². The van der Waals surface area contributed by atoms with Crippen LogP contribution >= 0.6 is 23.1 Å². The van der Waals surface area contributed by atoms with Gasteiger partial charge in [0.1, 0.15) is 35.8 Å². The van der Waals surface area contributed by atoms with Crippen LogP contribution in [0.1, 0.15) is 31.9 Å². The standard InChI is InChI=1S/C30H31ClN6O7S2/c1-30(2,3)44-29(38)35-24-13-21(31)11-9-20(24)17-43-26-8-6-7-25-23(26)15-33-37(25)46(39,40)36(28-32-18-34-45-28)16-19-10-12-22(41-4)14-27(19)42-5/h6-15,18H,16-17H2,1-5H3,(H,35,38). The van der Waals surface area contributed by atoms with Gasteiger partial charge in [-0.3, -0.25) is 5.32 Å². The van der Waals surface area contributed by atoms with Gasteiger partial charge < -0.3 is 18.9 Å². The first kappa shape index (κ1) is 32.8. The molecule has 0 bridgehead atoms. The molecule has 0 radical (unpaired) electrons. The zero-order valence-corrected chi connectivity index (χ0v) is 27.9. The smallest absolute Gasteiger partial charge is 0.412 e. The molecule has 2 heterocycles. The van der Waals surface area contributed by atoms with Crippen LogP contribution in [0, 0.1) is 0 Å². The molecule has 1 N–H and O–H groups in total. The largest absolute Gasteiger partial charge is 0.497 e. The van der Waals surface area contributed by atoms with E-state index in [9.17, 15) is 13.2 Å². The van der Waals surface area contributed by atoms with E-state index >= 15 is 0 Å². The molecule has 13 nitrogen and oxygen atoms in total. The van der Waals surface area contributed by atoms with Gasteiger partial charge in [-0.25, -0.2) is 14.1 Å². The summed E-state index contributed by atoms with van der Waals surface area (Å²) in [5.41, 5.74) is 1.18. The quantitative estimate of drug-likeness (QED) is 0.168. The lowest BCUT2D eigenvalue weighted by Crippen LogP contribution is -2.36. The Labute approximate surface area is 275 Å². The van der Waals surface area contributed by atoms with Gasteiger partial charge in [0.05, 0.1) is 43.6 Å². The van der Waals surface area contributed by atoms with Gasteiger partial charge in [-0.1, -0.05) is 23.7 Å². The van der Waals surface area contributed by atoms with Crippen molar-refractivity contribution in [3.63, 3.8) is 0 Å². The van der Waals surface area contributed by atoms with Crippen molar-refractivity contribution in [2.45, 2.75) is 39.5 Å². The zero-order valence-electron chi connectivity index (χ0n) is 25.6. The topological polar surface area (TPSA) is 147 Å². The number of carbonyl (C=O) groups is 1. The number of carbonyl (C=O) groups excluding carboxylic acids is 1. The molecular weight excluding hydrogens is 656 g/mol. The molecule has 0 aliphatic carbocycles. The molecule has 0 saturated heterocycles. The summed E-state index contributed by atoms with van der Waals surface area (Å²) in [6.07, 6.45) is 2.05. The monoisotopic (exact) mass is 686 g/mol. The number of halogens is 1. The molecule has 242 valence electrons. The molecule has 1 amide bonds. The Kier molecular flexibility index (Phi) is 9.55. The number of nitrogens with one attached hydrogen (secondary N) is 1. The minimum absolute atomic E-state index is 0.0213. The Morgan fingerprint density at radius 1 is 1.04 bits per heavy atom. The number of rotatable bonds is 11. The molecule has 0 saturated carbocycles. The van der Waals surface area contributed by atoms with Gasteiger partial charge in [-0.05, 0) is 57.2 Å². The molecule has 46 heavy (non-hydrogen) atoms. The number of anilines is 2. The van der Waals surface area contributed by atoms with Crippen molar-refractivity contribution < 1.29 is 32.2 Å². The first-order chi connectivity index (χ1) is 21.9. The van der Waals surface area contributed by atoms with E-state index < -0.39 is 21.9 Å². The normalized spacial score (nSPS) is 11.7. The minimum Gasteiger partial charge on any atom is -0.497 e. The number of methoxy groups -OCH3 is 2. The molecule has 5 rings (SSSR count). The lowest BCUT2D eigenvalue weighted by Gasteiger charge is -2.22. The maximum absolute atomic E-state index is 14.2. The number of fused-ring (bicyclic) bond motifs is 1. The Morgan fingerprint density at radius 2 is 1.83 bits per heavy atom. The fourth-order valence-electron chi connectivity index (χ4n) is 4.43. The van der Waals surface area contributed by atoms with Crippen LogP contribution in [0.4, 0.5) is 15.6 Å². The minimum atomic E-state index is -4.34. The van der Waals surface area contributed by atoms with Crippen molar-refractivity contribution in [2.24, 2.45) is 0 Å². The molecule has 16 heteroatoms. The number of hydrogen-bond acceptors (Lipinski definition) is 11. The van der Waals surface area contributed by atoms with E-state index in [0.717, 1.165) is 19.9 Å². The highest BCUT2D eigenvalue weighted by molar-refractivity contribution is 7.91. The number of aromatic nitrogens is 4. The van der Waals surface area contributed by atoms with Crippen LogP contribution in [0.2, 0.25) is 5.02 Å². The molecule has 3 aromatic carbocycles. The van der Waals surface area contributed by atoms with Gasteiger partial charge in [0, 0.05) is 33.7 Å². The highest BCUT2D eigenvalue weighted by Crippen LogP contribution is 2.33. The van der Waals surface area contributed by atoms with E-state index in [0.29, 0.717) is 44.5 Å². The zero-order chi connectivity index (χ0) is 33.1. The predicted molar refractivity (Wildman–Crippen MR) is 175 cm³/mol. The van der Waals surface area contributed by atoms with E-state index in [4.69, 9.17) is 30.5 Å². The van der Waals surface area contributed by atoms with E-state index in [1.807, 2.05) is 0 Å². The van der Waals surface area contributed by atoms with Crippen molar-refractivity contribution in [3.05, 3.63) is 83.3 Å². The van der Waals surface area contributed by atoms with Crippen molar-refractivity contribution >= 4 is 61.2 Å². The molecule has 0 aliphatic rings. The van der Waals surface area contributed by atoms with Crippen molar-refractivity contribution in [2.75, 3.05) is 23.8 Å². The summed E-state index contributed by atoms with van der Waals surface area (Å²) < 4.78 is 56.7. The van der Waals surface area contributed by atoms with Crippen molar-refractivity contribution in [3.8, 4) is 17.2 Å². The van der Waals surface area contributed by atoms with Crippen LogP contribution in [0.3, 0.4) is 0 Å². The first-order valence-electron chi connectivity index (χ1n) is 13.8. The summed E-state index contributed by atoms with van der Waals surface area (Å²) in [4.78, 5) is 16.6. The molecule has 0 aliphatic heterocycles. The Morgan fingerprint density at radius 3 is 2.52 bits per heavy atom. The lowest BCUT2D eigenvalue weighted by molar-refractivity contribution is 0.0635. The first-order valence-corrected chi connectivity index (χ1v) is 16.3. The van der Waals surface area contributed by atoms with E-state index in [-0.39, 0.29) is 23.8 Å². The third-order valence-corrected chi connectivity index (χ3v) is 9.13. The molecule has 0 atom stereocenters. The summed E-state index contributed by atoms with van der Waals surface area (Å²) in [6.45, 7) is 5.19. The fraction of sp³-hybridized carbons (Fsp3) is 0.267. The molecule has 0 unspecified atom stereocenters. The van der Waals surface area contributed by atoms with Gasteiger partial charge in [0.2, 0.25) is 5.13 Å². The molecule has 5 aromatic rings. The molecule has 0 spiro atoms. The Hall–Kier alpha value is -4.60. The summed E-state index contributed by atoms with van der Waals surface area (Å²) >= 11 is 7.12. The van der Waals surface area contributed by atoms with Crippen LogP contribution in [-0.2, 0) is 28.1 Å². The molecular formula is C30H31ClN6O7S2. The summed E-state index contributed by atoms with van der Waals surface area (Å²) in [6, 6.07) is 15.1. The maximum atomic E-state index is 14.2. The summed E-state index contributed by atoms with van der Waals surface area (Å²) in [7, 11) is -1.32. The van der Waals surface area contributed by atoms with Gasteiger partial charge in [-0.15, -0.1) is 4.09 Å². The number of amides is 1. The number of ether oxygens (including phenoxy) is 4. The maximum Gasteiger partial charge on any atom is 0.412 e. The van der Waals surface area contributed by atoms with Crippen LogP contribution in [0.25, 0.3) is 10.9 Å². The summed E-state index contributed by atoms with van der Waals surface area (Å²) in [5.74, 6) is 1.37. The Balaban J connectivity index is 1.45. The van der Waals surface area contributed by atoms with E-state index in [1.54, 1.807) is 75.4 Å². The van der Waals surface area contributed by atoms with Crippen LogP contribution < -0.4 is 23.8 Å². The average Bonchev–Trinajstić information content (AvgIpc) is 3.69. The highest BCUT2D eigenvalue weighted by atomic mass is 35.5. The lowest BCUT2D eigenvalue weighted by atomic mass is 10.2. The van der Waals surface area contributed by atoms with E-state index in [2.05, 4.69) is 19.8 Å². The second-order valence-electron chi connectivity index (χ2n) is 10.8. The third kappa shape index (κ3) is 7.27. The second-order valence-corrected chi connectivity index (χ2v) is 13.7. The van der Waals surface area contributed by atoms with Crippen LogP contribution in [-0.4, -0.2) is 52.9 Å². The molecule has 2 aromatic heterocycles. The van der Waals surface area contributed by atoms with Crippen LogP contribution in [0.5, 0.6) is 17.2 Å². The molecule has 0 fully saturated rings. The number of hydrogen-bond donors (Lipinski definition) is 1. The van der Waals surface area contributed by atoms with Crippen molar-refractivity contribution in [1.82, 2.24) is 18.5 Å². The Bertz CT molecular complexity index is 1960. The van der Waals surface area contributed by atoms with E-state index in [1.165, 1.54) is 26.7 Å². The second kappa shape index (κ2) is 13.4. The highest BCUT2D eigenvalue weighted by Gasteiger charge is 2.31. The van der Waals surface area contributed by atoms with Gasteiger partial charge in [0.25, 0.3) is 0 Å². The average molecular weight is 687 g/mol. The number of benzene rings is 3. The summed E-state index contributed by atoms with van der Waals surface area (Å²) in [5, 5.41) is 7.96. The SMILES string of the molecule is COc1ccc(CN(c2ncns2)S(=O)(=O)n2ncc3c(OCc4ccc(Cl)cc4NC(=O)OC(C)(C)C)cccc32)c(OC)c1. The van der Waals surface area contributed by atoms with Gasteiger partial charge in [-0.2, -0.15) is 17.9 Å². The predicted octanol–water partition coefficient (Wildman–Crippen LogP) is 6.28.